The zero-order valence-corrected chi connectivity index (χ0v) is 27.2. The number of rotatable bonds is 15. The molecule has 0 aliphatic rings. The molecule has 10 heteroatoms. The van der Waals surface area contributed by atoms with Crippen LogP contribution in [0.25, 0.3) is 0 Å². The van der Waals surface area contributed by atoms with Gasteiger partial charge in [0.05, 0.1) is 17.7 Å². The van der Waals surface area contributed by atoms with Crippen LogP contribution in [0.1, 0.15) is 36.5 Å². The van der Waals surface area contributed by atoms with Crippen LogP contribution >= 0.6 is 0 Å². The molecule has 0 spiro atoms. The van der Waals surface area contributed by atoms with Gasteiger partial charge in [0.25, 0.3) is 10.0 Å². The summed E-state index contributed by atoms with van der Waals surface area (Å²) in [6.07, 6.45) is 1.74. The number of nitrogens with zero attached hydrogens (tertiary/aromatic N) is 2. The Balaban J connectivity index is 1.80. The van der Waals surface area contributed by atoms with Gasteiger partial charge >= 0.3 is 0 Å². The minimum atomic E-state index is -4.25. The van der Waals surface area contributed by atoms with Crippen LogP contribution in [0.15, 0.2) is 108 Å². The van der Waals surface area contributed by atoms with E-state index in [0.29, 0.717) is 12.3 Å². The Kier molecular flexibility index (Phi) is 11.9. The highest BCUT2D eigenvalue weighted by molar-refractivity contribution is 7.92. The van der Waals surface area contributed by atoms with Gasteiger partial charge in [-0.2, -0.15) is 0 Å². The van der Waals surface area contributed by atoms with Gasteiger partial charge < -0.3 is 15.0 Å². The molecule has 4 rings (SSSR count). The number of carbonyl (C=O) groups is 2. The molecule has 0 aliphatic heterocycles. The predicted octanol–water partition coefficient (Wildman–Crippen LogP) is 5.89. The maximum absolute atomic E-state index is 15.0. The predicted molar refractivity (Wildman–Crippen MR) is 178 cm³/mol. The molecule has 4 aromatic rings. The molecule has 0 saturated heterocycles. The number of ether oxygens (including phenoxy) is 1. The van der Waals surface area contributed by atoms with Crippen LogP contribution in [0, 0.1) is 12.7 Å². The van der Waals surface area contributed by atoms with E-state index in [9.17, 15) is 18.0 Å². The summed E-state index contributed by atoms with van der Waals surface area (Å²) in [5, 5.41) is 2.93. The highest BCUT2D eigenvalue weighted by Gasteiger charge is 2.35. The standard InChI is InChI=1S/C36H40FN3O5S/c1-4-5-23-38-36(42)34(24-28-11-7-6-8-12-28)39(25-29-13-9-10-14-33(29)37)35(41)26-40(30-17-19-31(45-3)20-18-30)46(43,44)32-21-15-27(2)16-22-32/h6-22,34H,4-5,23-26H2,1-3H3,(H,38,42)/t34-/m1/s1. The number of amides is 2. The lowest BCUT2D eigenvalue weighted by atomic mass is 10.0. The summed E-state index contributed by atoms with van der Waals surface area (Å²) in [4.78, 5) is 29.5. The third kappa shape index (κ3) is 8.72. The van der Waals surface area contributed by atoms with Crippen molar-refractivity contribution < 1.29 is 27.1 Å². The molecule has 242 valence electrons. The minimum absolute atomic E-state index is 0.000478. The van der Waals surface area contributed by atoms with Gasteiger partial charge in [-0.05, 0) is 61.4 Å². The lowest BCUT2D eigenvalue weighted by Gasteiger charge is -2.34. The Morgan fingerprint density at radius 3 is 2.17 bits per heavy atom. The first-order chi connectivity index (χ1) is 22.1. The third-order valence-electron chi connectivity index (χ3n) is 7.65. The van der Waals surface area contributed by atoms with E-state index in [1.54, 1.807) is 54.6 Å². The number of carbonyl (C=O) groups excluding carboxylic acids is 2. The average Bonchev–Trinajstić information content (AvgIpc) is 3.06. The van der Waals surface area contributed by atoms with Crippen molar-refractivity contribution in [1.29, 1.82) is 0 Å². The Morgan fingerprint density at radius 2 is 1.54 bits per heavy atom. The van der Waals surface area contributed by atoms with E-state index in [1.807, 2.05) is 44.2 Å². The molecule has 0 radical (unpaired) electrons. The molecule has 0 aromatic heterocycles. The summed E-state index contributed by atoms with van der Waals surface area (Å²) < 4.78 is 49.6. The summed E-state index contributed by atoms with van der Waals surface area (Å²) in [5.74, 6) is -1.10. The molecule has 0 aliphatic carbocycles. The zero-order chi connectivity index (χ0) is 33.1. The first-order valence-electron chi connectivity index (χ1n) is 15.2. The van der Waals surface area contributed by atoms with Crippen LogP contribution in [0.2, 0.25) is 0 Å². The largest absolute Gasteiger partial charge is 0.497 e. The normalized spacial score (nSPS) is 11.8. The van der Waals surface area contributed by atoms with Crippen LogP contribution in [-0.2, 0) is 32.6 Å². The van der Waals surface area contributed by atoms with E-state index in [1.165, 1.54) is 30.2 Å². The number of unbranched alkanes of at least 4 members (excludes halogenated alkanes) is 1. The van der Waals surface area contributed by atoms with E-state index in [0.717, 1.165) is 28.3 Å². The first-order valence-corrected chi connectivity index (χ1v) is 16.7. The van der Waals surface area contributed by atoms with E-state index < -0.39 is 40.2 Å². The van der Waals surface area contributed by atoms with Crippen LogP contribution in [-0.4, -0.2) is 51.4 Å². The van der Waals surface area contributed by atoms with Crippen molar-refractivity contribution in [3.8, 4) is 5.75 Å². The zero-order valence-electron chi connectivity index (χ0n) is 26.4. The van der Waals surface area contributed by atoms with Crippen molar-refractivity contribution >= 4 is 27.5 Å². The van der Waals surface area contributed by atoms with Crippen molar-refractivity contribution in [3.05, 3.63) is 126 Å². The third-order valence-corrected chi connectivity index (χ3v) is 9.44. The van der Waals surface area contributed by atoms with Crippen molar-refractivity contribution in [2.24, 2.45) is 0 Å². The number of hydrogen-bond acceptors (Lipinski definition) is 5. The number of nitrogens with one attached hydrogen (secondary N) is 1. The van der Waals surface area contributed by atoms with E-state index in [4.69, 9.17) is 4.74 Å². The van der Waals surface area contributed by atoms with Gasteiger partial charge in [0.15, 0.2) is 0 Å². The maximum atomic E-state index is 15.0. The summed E-state index contributed by atoms with van der Waals surface area (Å²) in [7, 11) is -2.75. The van der Waals surface area contributed by atoms with Gasteiger partial charge in [0.1, 0.15) is 24.2 Å². The molecule has 0 saturated carbocycles. The highest BCUT2D eigenvalue weighted by Crippen LogP contribution is 2.27. The molecule has 0 bridgehead atoms. The second-order valence-corrected chi connectivity index (χ2v) is 12.8. The number of benzene rings is 4. The minimum Gasteiger partial charge on any atom is -0.497 e. The van der Waals surface area contributed by atoms with Gasteiger partial charge in [0.2, 0.25) is 11.8 Å². The van der Waals surface area contributed by atoms with Crippen LogP contribution in [0.5, 0.6) is 5.75 Å². The summed E-state index contributed by atoms with van der Waals surface area (Å²) in [5.41, 5.74) is 2.10. The molecule has 4 aromatic carbocycles. The number of hydrogen-bond donors (Lipinski definition) is 1. The maximum Gasteiger partial charge on any atom is 0.264 e. The van der Waals surface area contributed by atoms with Gasteiger partial charge in [-0.25, -0.2) is 12.8 Å². The molecule has 46 heavy (non-hydrogen) atoms. The number of anilines is 1. The van der Waals surface area contributed by atoms with E-state index >= 15 is 4.39 Å². The van der Waals surface area contributed by atoms with Gasteiger partial charge in [-0.15, -0.1) is 0 Å². The van der Waals surface area contributed by atoms with Crippen molar-refractivity contribution in [3.63, 3.8) is 0 Å². The highest BCUT2D eigenvalue weighted by atomic mass is 32.2. The fourth-order valence-corrected chi connectivity index (χ4v) is 6.40. The second-order valence-electron chi connectivity index (χ2n) is 11.0. The molecular formula is C36H40FN3O5S. The molecule has 0 unspecified atom stereocenters. The summed E-state index contributed by atoms with van der Waals surface area (Å²) in [6, 6.07) is 26.9. The Morgan fingerprint density at radius 1 is 0.891 bits per heavy atom. The van der Waals surface area contributed by atoms with E-state index in [-0.39, 0.29) is 29.1 Å². The fraction of sp³-hybridized carbons (Fsp3) is 0.278. The number of halogens is 1. The number of sulfonamides is 1. The molecular weight excluding hydrogens is 605 g/mol. The quantitative estimate of drug-likeness (QED) is 0.163. The lowest BCUT2D eigenvalue weighted by Crippen LogP contribution is -2.53. The average molecular weight is 646 g/mol. The monoisotopic (exact) mass is 645 g/mol. The lowest BCUT2D eigenvalue weighted by molar-refractivity contribution is -0.140. The van der Waals surface area contributed by atoms with Crippen LogP contribution < -0.4 is 14.4 Å². The van der Waals surface area contributed by atoms with Crippen LogP contribution in [0.4, 0.5) is 10.1 Å². The second kappa shape index (κ2) is 16.0. The van der Waals surface area contributed by atoms with Crippen molar-refractivity contribution in [2.75, 3.05) is 24.5 Å². The smallest absolute Gasteiger partial charge is 0.264 e. The molecule has 8 nitrogen and oxygen atoms in total. The van der Waals surface area contributed by atoms with Crippen molar-refractivity contribution in [1.82, 2.24) is 10.2 Å². The Bertz CT molecular complexity index is 1700. The van der Waals surface area contributed by atoms with E-state index in [2.05, 4.69) is 5.32 Å². The first kappa shape index (κ1) is 34.2. The summed E-state index contributed by atoms with van der Waals surface area (Å²) in [6.45, 7) is 3.38. The SMILES string of the molecule is CCCCNC(=O)[C@@H](Cc1ccccc1)N(Cc1ccccc1F)C(=O)CN(c1ccc(OC)cc1)S(=O)(=O)c1ccc(C)cc1. The Labute approximate surface area is 270 Å². The van der Waals surface area contributed by atoms with Crippen molar-refractivity contribution in [2.45, 2.75) is 50.6 Å². The number of methoxy groups -OCH3 is 1. The topological polar surface area (TPSA) is 96.0 Å². The molecule has 1 atom stereocenters. The molecule has 0 fully saturated rings. The van der Waals surface area contributed by atoms with Crippen LogP contribution in [0.3, 0.4) is 0 Å². The molecule has 1 N–H and O–H groups in total. The fourth-order valence-electron chi connectivity index (χ4n) is 4.98. The van der Waals surface area contributed by atoms with Gasteiger partial charge in [-0.1, -0.05) is 79.6 Å². The summed E-state index contributed by atoms with van der Waals surface area (Å²) >= 11 is 0. The number of aryl methyl sites for hydroxylation is 1. The van der Waals surface area contributed by atoms with Gasteiger partial charge in [-0.3, -0.25) is 13.9 Å². The molecule has 0 heterocycles. The van der Waals surface area contributed by atoms with Gasteiger partial charge in [0, 0.05) is 25.1 Å². The Hall–Kier alpha value is -4.70. The molecule has 2 amide bonds.